The third-order valence-corrected chi connectivity index (χ3v) is 18.6. The molecule has 0 radical (unpaired) electrons. The van der Waals surface area contributed by atoms with Crippen LogP contribution in [-0.2, 0) is 43.3 Å². The Balaban J connectivity index is 1.28. The minimum atomic E-state index is -0.165. The van der Waals surface area contributed by atoms with Crippen molar-refractivity contribution in [3.05, 3.63) is 148 Å². The van der Waals surface area contributed by atoms with Crippen LogP contribution in [0.5, 0.6) is 0 Å². The first-order chi connectivity index (χ1) is 34.2. The highest BCUT2D eigenvalue weighted by Gasteiger charge is 2.49. The van der Waals surface area contributed by atoms with Crippen molar-refractivity contribution in [3.63, 3.8) is 0 Å². The van der Waals surface area contributed by atoms with Gasteiger partial charge in [0, 0.05) is 33.7 Å². The Hall–Kier alpha value is -5.48. The van der Waals surface area contributed by atoms with Gasteiger partial charge in [0.2, 0.25) is 0 Å². The molecule has 0 unspecified atom stereocenters. The largest absolute Gasteiger partial charge is 0.468 e. The van der Waals surface area contributed by atoms with Crippen molar-refractivity contribution < 1.29 is 4.42 Å². The summed E-state index contributed by atoms with van der Waals surface area (Å²) in [6.45, 7) is 47.8. The van der Waals surface area contributed by atoms with Crippen LogP contribution in [0.2, 0.25) is 0 Å². The summed E-state index contributed by atoms with van der Waals surface area (Å²) >= 11 is 0. The summed E-state index contributed by atoms with van der Waals surface area (Å²) in [6, 6.07) is 41.9. The SMILES string of the molecule is CC(C)(C)c1ccc(N2c3cc(C(C)(C)C)ccc3B3c4oc5ccc(C(C)(C)C)cc5c4N(c4ccc5c(c4)C(C)(C)CCC5(C)C)c4cc(C(C)(C)C)cc2c43)c(-c2ccc3c(c2)C(C)(C)CCC3(C)C)c1. The summed E-state index contributed by atoms with van der Waals surface area (Å²) in [4.78, 5) is 5.33. The van der Waals surface area contributed by atoms with Crippen LogP contribution in [0.3, 0.4) is 0 Å². The van der Waals surface area contributed by atoms with Gasteiger partial charge in [0.05, 0.1) is 17.0 Å². The van der Waals surface area contributed by atoms with Crippen LogP contribution in [0.1, 0.15) is 209 Å². The molecule has 384 valence electrons. The van der Waals surface area contributed by atoms with Gasteiger partial charge in [0.15, 0.2) is 0 Å². The lowest BCUT2D eigenvalue weighted by Crippen LogP contribution is -2.61. The van der Waals surface area contributed by atoms with E-state index in [4.69, 9.17) is 4.42 Å². The lowest BCUT2D eigenvalue weighted by Gasteiger charge is -2.45. The van der Waals surface area contributed by atoms with Crippen LogP contribution in [0.25, 0.3) is 22.1 Å². The highest BCUT2D eigenvalue weighted by Crippen LogP contribution is 2.54. The summed E-state index contributed by atoms with van der Waals surface area (Å²) in [5, 5.41) is 1.17. The van der Waals surface area contributed by atoms with Gasteiger partial charge in [-0.3, -0.25) is 0 Å². The fraction of sp³-hybridized carbons (Fsp3) is 0.457. The van der Waals surface area contributed by atoms with Crippen LogP contribution >= 0.6 is 0 Å². The van der Waals surface area contributed by atoms with Gasteiger partial charge in [-0.1, -0.05) is 187 Å². The molecular formula is C70H85BN2O. The Labute approximate surface area is 446 Å². The predicted octanol–water partition coefficient (Wildman–Crippen LogP) is 18.1. The lowest BCUT2D eigenvalue weighted by atomic mass is 9.35. The number of furan rings is 1. The normalized spacial score (nSPS) is 18.4. The fourth-order valence-electron chi connectivity index (χ4n) is 13.3. The van der Waals surface area contributed by atoms with Gasteiger partial charge in [-0.05, 0) is 185 Å². The molecule has 0 spiro atoms. The zero-order valence-corrected chi connectivity index (χ0v) is 49.0. The molecule has 3 nitrogen and oxygen atoms in total. The highest BCUT2D eigenvalue weighted by molar-refractivity contribution is 7.00. The summed E-state index contributed by atoms with van der Waals surface area (Å²) < 4.78 is 7.51. The molecule has 0 saturated carbocycles. The maximum absolute atomic E-state index is 7.51. The number of fused-ring (bicyclic) bond motifs is 8. The van der Waals surface area contributed by atoms with Gasteiger partial charge in [-0.15, -0.1) is 0 Å². The topological polar surface area (TPSA) is 19.6 Å². The minimum Gasteiger partial charge on any atom is -0.468 e. The average molecular weight is 981 g/mol. The van der Waals surface area contributed by atoms with Crippen molar-refractivity contribution in [1.82, 2.24) is 0 Å². The predicted molar refractivity (Wildman–Crippen MR) is 321 cm³/mol. The zero-order chi connectivity index (χ0) is 53.4. The third kappa shape index (κ3) is 7.95. The number of hydrogen-bond donors (Lipinski definition) is 0. The van der Waals surface area contributed by atoms with E-state index in [9.17, 15) is 0 Å². The fourth-order valence-corrected chi connectivity index (χ4v) is 13.3. The molecule has 0 fully saturated rings. The van der Waals surface area contributed by atoms with Gasteiger partial charge in [0.25, 0.3) is 6.71 Å². The number of nitrogens with zero attached hydrogens (tertiary/aromatic N) is 2. The van der Waals surface area contributed by atoms with E-state index in [-0.39, 0.29) is 50.0 Å². The monoisotopic (exact) mass is 981 g/mol. The minimum absolute atomic E-state index is 0.0321. The Morgan fingerprint density at radius 1 is 0.419 bits per heavy atom. The van der Waals surface area contributed by atoms with Gasteiger partial charge < -0.3 is 14.2 Å². The van der Waals surface area contributed by atoms with Crippen LogP contribution < -0.4 is 26.4 Å². The lowest BCUT2D eigenvalue weighted by molar-refractivity contribution is 0.332. The zero-order valence-electron chi connectivity index (χ0n) is 49.0. The molecule has 7 aromatic rings. The molecule has 0 amide bonds. The molecule has 0 N–H and O–H groups in total. The highest BCUT2D eigenvalue weighted by atomic mass is 16.3. The molecule has 2 aliphatic carbocycles. The van der Waals surface area contributed by atoms with Crippen molar-refractivity contribution in [2.24, 2.45) is 0 Å². The van der Waals surface area contributed by atoms with Crippen molar-refractivity contribution in [1.29, 1.82) is 0 Å². The molecule has 1 aromatic heterocycles. The van der Waals surface area contributed by atoms with Gasteiger partial charge in [-0.2, -0.15) is 0 Å². The molecule has 6 aromatic carbocycles. The van der Waals surface area contributed by atoms with Gasteiger partial charge in [-0.25, -0.2) is 0 Å². The molecule has 2 aliphatic heterocycles. The van der Waals surface area contributed by atoms with E-state index in [0.29, 0.717) is 0 Å². The van der Waals surface area contributed by atoms with E-state index in [1.165, 1.54) is 125 Å². The Kier molecular flexibility index (Phi) is 11.0. The van der Waals surface area contributed by atoms with E-state index in [1.54, 1.807) is 0 Å². The number of hydrogen-bond acceptors (Lipinski definition) is 3. The molecule has 3 heterocycles. The Morgan fingerprint density at radius 3 is 1.47 bits per heavy atom. The molecular weight excluding hydrogens is 896 g/mol. The van der Waals surface area contributed by atoms with E-state index in [0.717, 1.165) is 17.7 Å². The van der Waals surface area contributed by atoms with Crippen LogP contribution in [-0.4, -0.2) is 6.71 Å². The quantitative estimate of drug-likeness (QED) is 0.165. The van der Waals surface area contributed by atoms with Crippen molar-refractivity contribution >= 4 is 68.4 Å². The van der Waals surface area contributed by atoms with Gasteiger partial charge in [0.1, 0.15) is 5.58 Å². The second-order valence-electron chi connectivity index (χ2n) is 30.1. The second kappa shape index (κ2) is 16.0. The van der Waals surface area contributed by atoms with Crippen molar-refractivity contribution in [2.75, 3.05) is 9.80 Å². The van der Waals surface area contributed by atoms with Gasteiger partial charge >= 0.3 is 0 Å². The van der Waals surface area contributed by atoms with E-state index < -0.39 is 0 Å². The van der Waals surface area contributed by atoms with E-state index >= 15 is 0 Å². The Bertz CT molecular complexity index is 3450. The molecule has 11 rings (SSSR count). The maximum atomic E-state index is 7.51. The number of anilines is 6. The first-order valence-corrected chi connectivity index (χ1v) is 28.1. The maximum Gasteiger partial charge on any atom is 0.297 e. The number of benzene rings is 6. The molecule has 0 atom stereocenters. The van der Waals surface area contributed by atoms with Crippen molar-refractivity contribution in [2.45, 2.75) is 207 Å². The molecule has 0 saturated heterocycles. The van der Waals surface area contributed by atoms with E-state index in [2.05, 4.69) is 251 Å². The summed E-state index contributed by atoms with van der Waals surface area (Å²) in [5.74, 6) is 0. The second-order valence-corrected chi connectivity index (χ2v) is 30.1. The molecule has 74 heavy (non-hydrogen) atoms. The smallest absolute Gasteiger partial charge is 0.297 e. The van der Waals surface area contributed by atoms with Crippen LogP contribution in [0, 0.1) is 0 Å². The molecule has 0 bridgehead atoms. The van der Waals surface area contributed by atoms with Crippen LogP contribution in [0.15, 0.2) is 108 Å². The van der Waals surface area contributed by atoms with E-state index in [1.807, 2.05) is 0 Å². The summed E-state index contributed by atoms with van der Waals surface area (Å²) in [6.07, 6.45) is 4.69. The Morgan fingerprint density at radius 2 is 0.892 bits per heavy atom. The molecule has 4 heteroatoms. The average Bonchev–Trinajstić information content (AvgIpc) is 3.69. The first-order valence-electron chi connectivity index (χ1n) is 28.1. The van der Waals surface area contributed by atoms with Crippen molar-refractivity contribution in [3.8, 4) is 11.1 Å². The number of rotatable bonds is 3. The summed E-state index contributed by atoms with van der Waals surface area (Å²) in [7, 11) is 0. The van der Waals surface area contributed by atoms with Crippen LogP contribution in [0.4, 0.5) is 34.1 Å². The molecule has 4 aliphatic rings. The standard InChI is InChI=1S/C70H85BN2O/c1-63(2,3)43-23-29-55(48(36-43)42-21-26-50-52(35-42)69(17,18)33-31-67(50,13)14)73-56-38-45(65(7,8)9)22-28-54(56)71-60-57(39-46(40-58(60)73)66(10,11)12)72(47-25-27-51-53(41-47)70(19,20)34-32-68(51,15)16)61-49-37-44(64(4,5)6)24-30-59(49)74-62(61)71/h21-30,35-41H,31-34H2,1-20H3. The summed E-state index contributed by atoms with van der Waals surface area (Å²) in [5.41, 5.74) is 25.5. The first kappa shape index (κ1) is 50.7. The third-order valence-electron chi connectivity index (χ3n) is 18.6.